The summed E-state index contributed by atoms with van der Waals surface area (Å²) in [6.45, 7) is 8.09. The van der Waals surface area contributed by atoms with E-state index >= 15 is 0 Å². The number of benzene rings is 1. The number of carbonyl (C=O) groups excluding carboxylic acids is 2. The van der Waals surface area contributed by atoms with Crippen LogP contribution in [-0.2, 0) is 9.59 Å². The third-order valence-electron chi connectivity index (χ3n) is 4.30. The molecule has 1 aromatic rings. The van der Waals surface area contributed by atoms with Gasteiger partial charge in [-0.05, 0) is 51.9 Å². The molecule has 2 amide bonds. The van der Waals surface area contributed by atoms with Crippen molar-refractivity contribution in [1.82, 2.24) is 10.6 Å². The van der Waals surface area contributed by atoms with Crippen LogP contribution >= 0.6 is 12.4 Å². The number of halogens is 1. The molecule has 24 heavy (non-hydrogen) atoms. The van der Waals surface area contributed by atoms with Gasteiger partial charge >= 0.3 is 0 Å². The fourth-order valence-corrected chi connectivity index (χ4v) is 3.32. The molecule has 1 saturated heterocycles. The van der Waals surface area contributed by atoms with Crippen molar-refractivity contribution in [3.63, 3.8) is 0 Å². The van der Waals surface area contributed by atoms with E-state index in [9.17, 15) is 9.59 Å². The Hall–Kier alpha value is -1.59. The smallest absolute Gasteiger partial charge is 0.227 e. The fraction of sp³-hybridized carbons (Fsp3) is 0.556. The molecule has 2 N–H and O–H groups in total. The number of anilines is 1. The first-order valence-corrected chi connectivity index (χ1v) is 8.24. The Labute approximate surface area is 150 Å². The Balaban J connectivity index is 0.00000288. The van der Waals surface area contributed by atoms with E-state index in [4.69, 9.17) is 0 Å². The SMILES string of the molecule is CNCCCNC(=O)C1CC(=O)N(c2c(C)cc(C)cc2C)C1.Cl. The summed E-state index contributed by atoms with van der Waals surface area (Å²) in [5.74, 6) is -0.230. The maximum absolute atomic E-state index is 12.4. The molecule has 0 aliphatic carbocycles. The molecule has 0 saturated carbocycles. The van der Waals surface area contributed by atoms with Crippen LogP contribution in [0.3, 0.4) is 0 Å². The topological polar surface area (TPSA) is 61.4 Å². The van der Waals surface area contributed by atoms with E-state index in [-0.39, 0.29) is 30.1 Å². The maximum Gasteiger partial charge on any atom is 0.227 e. The number of hydrogen-bond acceptors (Lipinski definition) is 3. The standard InChI is InChI=1S/C18H27N3O2.ClH/c1-12-8-13(2)17(14(3)9-12)21-11-15(10-16(21)22)18(23)20-7-5-6-19-4;/h8-9,15,19H,5-7,10-11H2,1-4H3,(H,20,23);1H. The lowest BCUT2D eigenvalue weighted by Crippen LogP contribution is -2.34. The second-order valence-electron chi connectivity index (χ2n) is 6.40. The first kappa shape index (κ1) is 20.5. The van der Waals surface area contributed by atoms with Gasteiger partial charge in [-0.2, -0.15) is 0 Å². The van der Waals surface area contributed by atoms with Gasteiger partial charge in [0.05, 0.1) is 5.92 Å². The molecule has 1 aliphatic rings. The summed E-state index contributed by atoms with van der Waals surface area (Å²) < 4.78 is 0. The van der Waals surface area contributed by atoms with E-state index in [0.29, 0.717) is 19.5 Å². The molecule has 1 aromatic carbocycles. The summed E-state index contributed by atoms with van der Waals surface area (Å²) in [7, 11) is 1.89. The summed E-state index contributed by atoms with van der Waals surface area (Å²) in [5, 5.41) is 5.98. The minimum atomic E-state index is -0.253. The van der Waals surface area contributed by atoms with Gasteiger partial charge in [-0.3, -0.25) is 9.59 Å². The van der Waals surface area contributed by atoms with E-state index in [1.807, 2.05) is 20.9 Å². The second-order valence-corrected chi connectivity index (χ2v) is 6.40. The van der Waals surface area contributed by atoms with Crippen molar-refractivity contribution < 1.29 is 9.59 Å². The molecule has 0 radical (unpaired) electrons. The lowest BCUT2D eigenvalue weighted by Gasteiger charge is -2.22. The molecule has 1 heterocycles. The average molecular weight is 354 g/mol. The minimum Gasteiger partial charge on any atom is -0.356 e. The monoisotopic (exact) mass is 353 g/mol. The highest BCUT2D eigenvalue weighted by molar-refractivity contribution is 6.01. The molecule has 1 fully saturated rings. The van der Waals surface area contributed by atoms with Crippen LogP contribution in [-0.4, -0.2) is 38.5 Å². The van der Waals surface area contributed by atoms with Crippen LogP contribution < -0.4 is 15.5 Å². The molecule has 0 bridgehead atoms. The van der Waals surface area contributed by atoms with Crippen molar-refractivity contribution in [2.75, 3.05) is 31.6 Å². The molecule has 0 aromatic heterocycles. The van der Waals surface area contributed by atoms with Crippen molar-refractivity contribution in [3.05, 3.63) is 28.8 Å². The van der Waals surface area contributed by atoms with Gasteiger partial charge in [-0.25, -0.2) is 0 Å². The van der Waals surface area contributed by atoms with Crippen LogP contribution in [0, 0.1) is 26.7 Å². The molecule has 6 heteroatoms. The highest BCUT2D eigenvalue weighted by Crippen LogP contribution is 2.31. The normalized spacial score (nSPS) is 16.9. The molecule has 1 aliphatic heterocycles. The predicted octanol–water partition coefficient (Wildman–Crippen LogP) is 2.11. The van der Waals surface area contributed by atoms with Gasteiger partial charge in [-0.15, -0.1) is 12.4 Å². The lowest BCUT2D eigenvalue weighted by atomic mass is 10.0. The summed E-state index contributed by atoms with van der Waals surface area (Å²) in [6, 6.07) is 4.17. The van der Waals surface area contributed by atoms with Crippen LogP contribution in [0.2, 0.25) is 0 Å². The fourth-order valence-electron chi connectivity index (χ4n) is 3.32. The number of rotatable bonds is 6. The summed E-state index contributed by atoms with van der Waals surface area (Å²) in [5.41, 5.74) is 4.33. The van der Waals surface area contributed by atoms with Gasteiger partial charge < -0.3 is 15.5 Å². The lowest BCUT2D eigenvalue weighted by molar-refractivity contribution is -0.126. The molecule has 2 rings (SSSR count). The number of amides is 2. The Morgan fingerprint density at radius 1 is 1.21 bits per heavy atom. The van der Waals surface area contributed by atoms with E-state index in [1.165, 1.54) is 5.56 Å². The first-order valence-electron chi connectivity index (χ1n) is 8.24. The Morgan fingerprint density at radius 2 is 1.83 bits per heavy atom. The summed E-state index contributed by atoms with van der Waals surface area (Å²) >= 11 is 0. The molecular weight excluding hydrogens is 326 g/mol. The van der Waals surface area contributed by atoms with E-state index in [0.717, 1.165) is 29.8 Å². The Morgan fingerprint density at radius 3 is 2.42 bits per heavy atom. The number of aryl methyl sites for hydroxylation is 3. The zero-order valence-electron chi connectivity index (χ0n) is 14.9. The van der Waals surface area contributed by atoms with Crippen LogP contribution in [0.4, 0.5) is 5.69 Å². The Kier molecular flexibility index (Phi) is 7.70. The van der Waals surface area contributed by atoms with Gasteiger partial charge in [0, 0.05) is 25.2 Å². The van der Waals surface area contributed by atoms with Crippen molar-refractivity contribution in [2.24, 2.45) is 5.92 Å². The van der Waals surface area contributed by atoms with E-state index in [1.54, 1.807) is 4.90 Å². The summed E-state index contributed by atoms with van der Waals surface area (Å²) in [6.07, 6.45) is 1.19. The van der Waals surface area contributed by atoms with E-state index < -0.39 is 0 Å². The third-order valence-corrected chi connectivity index (χ3v) is 4.30. The van der Waals surface area contributed by atoms with Crippen LogP contribution in [0.1, 0.15) is 29.5 Å². The highest BCUT2D eigenvalue weighted by atomic mass is 35.5. The number of carbonyl (C=O) groups is 2. The number of nitrogens with zero attached hydrogens (tertiary/aromatic N) is 1. The zero-order chi connectivity index (χ0) is 17.0. The zero-order valence-corrected chi connectivity index (χ0v) is 15.8. The van der Waals surface area contributed by atoms with Gasteiger partial charge in [0.25, 0.3) is 0 Å². The largest absolute Gasteiger partial charge is 0.356 e. The van der Waals surface area contributed by atoms with Crippen molar-refractivity contribution in [2.45, 2.75) is 33.6 Å². The maximum atomic E-state index is 12.4. The average Bonchev–Trinajstić information content (AvgIpc) is 2.84. The number of hydrogen-bond donors (Lipinski definition) is 2. The first-order chi connectivity index (χ1) is 10.9. The predicted molar refractivity (Wildman–Crippen MR) is 99.9 cm³/mol. The van der Waals surface area contributed by atoms with Gasteiger partial charge in [0.2, 0.25) is 11.8 Å². The van der Waals surface area contributed by atoms with Crippen molar-refractivity contribution in [1.29, 1.82) is 0 Å². The quantitative estimate of drug-likeness (QED) is 0.770. The summed E-state index contributed by atoms with van der Waals surface area (Å²) in [4.78, 5) is 26.4. The molecule has 1 atom stereocenters. The van der Waals surface area contributed by atoms with Crippen LogP contribution in [0.15, 0.2) is 12.1 Å². The van der Waals surface area contributed by atoms with Crippen molar-refractivity contribution in [3.8, 4) is 0 Å². The van der Waals surface area contributed by atoms with Gasteiger partial charge in [0.15, 0.2) is 0 Å². The van der Waals surface area contributed by atoms with Gasteiger partial charge in [0.1, 0.15) is 0 Å². The Bertz CT molecular complexity index is 581. The van der Waals surface area contributed by atoms with Crippen molar-refractivity contribution >= 4 is 29.9 Å². The molecular formula is C18H28ClN3O2. The van der Waals surface area contributed by atoms with Crippen LogP contribution in [0.25, 0.3) is 0 Å². The highest BCUT2D eigenvalue weighted by Gasteiger charge is 2.36. The third kappa shape index (κ3) is 4.71. The minimum absolute atomic E-state index is 0. The van der Waals surface area contributed by atoms with E-state index in [2.05, 4.69) is 29.7 Å². The molecule has 0 spiro atoms. The molecule has 1 unspecified atom stereocenters. The molecule has 134 valence electrons. The van der Waals surface area contributed by atoms with Crippen LogP contribution in [0.5, 0.6) is 0 Å². The van der Waals surface area contributed by atoms with Gasteiger partial charge in [-0.1, -0.05) is 17.7 Å². The second kappa shape index (κ2) is 9.04. The molecule has 5 nitrogen and oxygen atoms in total. The number of nitrogens with one attached hydrogen (secondary N) is 2.